The molecule has 3 unspecified atom stereocenters. The molecule has 14 nitrogen and oxygen atoms in total. The molecule has 3 saturated heterocycles. The summed E-state index contributed by atoms with van der Waals surface area (Å²) in [4.78, 5) is 77.7. The molecular formula is C29H29FN6O8S. The van der Waals surface area contributed by atoms with Gasteiger partial charge >= 0.3 is 0 Å². The first-order valence-corrected chi connectivity index (χ1v) is 15.5. The Kier molecular flexibility index (Phi) is 8.09. The van der Waals surface area contributed by atoms with Gasteiger partial charge in [-0.3, -0.25) is 48.0 Å². The van der Waals surface area contributed by atoms with Crippen molar-refractivity contribution in [1.82, 2.24) is 19.8 Å². The summed E-state index contributed by atoms with van der Waals surface area (Å²) in [6, 6.07) is 6.02. The van der Waals surface area contributed by atoms with Crippen LogP contribution in [0.15, 0.2) is 30.3 Å². The first-order chi connectivity index (χ1) is 21.5. The lowest BCUT2D eigenvalue weighted by molar-refractivity contribution is -0.136. The number of fused-ring (bicyclic) bond motifs is 1. The number of hydrogen-bond donors (Lipinski definition) is 4. The normalized spacial score (nSPS) is 23.4. The number of hydrogen-bond acceptors (Lipinski definition) is 9. The highest BCUT2D eigenvalue weighted by Gasteiger charge is 2.45. The van der Waals surface area contributed by atoms with Crippen molar-refractivity contribution in [1.29, 1.82) is 0 Å². The molecule has 0 aromatic heterocycles. The lowest BCUT2D eigenvalue weighted by atomic mass is 10.0. The van der Waals surface area contributed by atoms with E-state index in [1.54, 1.807) is 6.07 Å². The van der Waals surface area contributed by atoms with Crippen molar-refractivity contribution in [3.63, 3.8) is 0 Å². The third-order valence-electron chi connectivity index (χ3n) is 8.34. The lowest BCUT2D eigenvalue weighted by Crippen LogP contribution is -2.54. The molecular weight excluding hydrogens is 611 g/mol. The van der Waals surface area contributed by atoms with Crippen LogP contribution in [-0.2, 0) is 36.8 Å². The number of amides is 6. The van der Waals surface area contributed by atoms with E-state index in [0.717, 1.165) is 15.6 Å². The van der Waals surface area contributed by atoms with Gasteiger partial charge < -0.3 is 15.3 Å². The van der Waals surface area contributed by atoms with E-state index in [1.807, 2.05) is 0 Å². The molecule has 3 fully saturated rings. The Morgan fingerprint density at radius 2 is 1.89 bits per heavy atom. The highest BCUT2D eigenvalue weighted by atomic mass is 32.2. The van der Waals surface area contributed by atoms with Gasteiger partial charge in [0.2, 0.25) is 28.9 Å². The van der Waals surface area contributed by atoms with Gasteiger partial charge in [0.25, 0.3) is 17.7 Å². The summed E-state index contributed by atoms with van der Waals surface area (Å²) in [5.41, 5.74) is 0.464. The van der Waals surface area contributed by atoms with Crippen LogP contribution in [0.4, 0.5) is 15.8 Å². The predicted octanol–water partition coefficient (Wildman–Crippen LogP) is 0.341. The maximum atomic E-state index is 14.8. The predicted molar refractivity (Wildman–Crippen MR) is 156 cm³/mol. The minimum atomic E-state index is -1.97. The fourth-order valence-electron chi connectivity index (χ4n) is 6.22. The van der Waals surface area contributed by atoms with Gasteiger partial charge in [0.05, 0.1) is 16.8 Å². The maximum Gasteiger partial charge on any atom is 0.264 e. The van der Waals surface area contributed by atoms with E-state index in [9.17, 15) is 42.5 Å². The number of rotatable bonds is 8. The molecule has 4 aliphatic rings. The second-order valence-corrected chi connectivity index (χ2v) is 12.5. The molecule has 6 rings (SSSR count). The first kappa shape index (κ1) is 30.3. The van der Waals surface area contributed by atoms with Crippen LogP contribution in [-0.4, -0.2) is 86.8 Å². The van der Waals surface area contributed by atoms with Gasteiger partial charge in [-0.1, -0.05) is 6.07 Å². The number of imide groups is 2. The Morgan fingerprint density at radius 1 is 1.09 bits per heavy atom. The summed E-state index contributed by atoms with van der Waals surface area (Å²) in [6.45, 7) is 1.49. The molecule has 6 amide bonds. The minimum absolute atomic E-state index is 0.000457. The molecule has 0 bridgehead atoms. The summed E-state index contributed by atoms with van der Waals surface area (Å²) >= 11 is -1.97. The van der Waals surface area contributed by atoms with Crippen LogP contribution in [0, 0.1) is 11.7 Å². The monoisotopic (exact) mass is 640 g/mol. The highest BCUT2D eigenvalue weighted by molar-refractivity contribution is 7.85. The van der Waals surface area contributed by atoms with Crippen LogP contribution in [0.3, 0.4) is 0 Å². The van der Waals surface area contributed by atoms with E-state index < -0.39 is 58.3 Å². The molecule has 3 atom stereocenters. The van der Waals surface area contributed by atoms with Crippen molar-refractivity contribution in [2.24, 2.45) is 5.92 Å². The van der Waals surface area contributed by atoms with Gasteiger partial charge in [-0.05, 0) is 61.6 Å². The van der Waals surface area contributed by atoms with Crippen LogP contribution in [0.25, 0.3) is 0 Å². The van der Waals surface area contributed by atoms with Gasteiger partial charge in [-0.2, -0.15) is 0 Å². The summed E-state index contributed by atoms with van der Waals surface area (Å²) in [5, 5.41) is 15.3. The van der Waals surface area contributed by atoms with Crippen LogP contribution in [0.1, 0.15) is 52.0 Å². The second kappa shape index (κ2) is 12.0. The average Bonchev–Trinajstić information content (AvgIpc) is 3.63. The van der Waals surface area contributed by atoms with Gasteiger partial charge in [-0.15, -0.1) is 0 Å². The number of phenols is 1. The fourth-order valence-corrected chi connectivity index (χ4v) is 7.17. The van der Waals surface area contributed by atoms with Crippen LogP contribution >= 0.6 is 0 Å². The molecule has 2 aromatic rings. The molecule has 4 aliphatic heterocycles. The number of nitrogens with one attached hydrogen (secondary N) is 3. The summed E-state index contributed by atoms with van der Waals surface area (Å²) in [5.74, 6) is -4.64. The molecule has 4 heterocycles. The Bertz CT molecular complexity index is 1660. The number of anilines is 2. The highest BCUT2D eigenvalue weighted by Crippen LogP contribution is 2.35. The van der Waals surface area contributed by atoms with E-state index >= 15 is 0 Å². The quantitative estimate of drug-likeness (QED) is 0.296. The first-order valence-electron chi connectivity index (χ1n) is 14.4. The molecule has 0 aliphatic carbocycles. The third-order valence-corrected chi connectivity index (χ3v) is 9.46. The fraction of sp³-hybridized carbons (Fsp3) is 0.379. The van der Waals surface area contributed by atoms with Crippen molar-refractivity contribution in [2.75, 3.05) is 35.8 Å². The number of aromatic hydroxyl groups is 1. The summed E-state index contributed by atoms with van der Waals surface area (Å²) in [7, 11) is 0. The van der Waals surface area contributed by atoms with Crippen LogP contribution in [0.2, 0.25) is 0 Å². The van der Waals surface area contributed by atoms with E-state index in [2.05, 4.69) is 20.3 Å². The standard InChI is InChI=1S/C29H29FN6O8S/c30-18-10-15(11-21(37)26(18)35-14-24(40)33-45(35)44)6-8-34-9-7-16(13-34)12-23(39)31-19-3-1-2-17-25(19)29(43)36(28(17)42)20-4-5-22(38)32-27(20)41/h1-3,10-11,16,20,37H,4-9,12-14H2,(H,31,39)(H,33,40)(H,32,38,41). The number of piperidine rings is 1. The van der Waals surface area contributed by atoms with Gasteiger partial charge in [0.15, 0.2) is 5.82 Å². The topological polar surface area (TPSA) is 186 Å². The SMILES string of the molecule is O=C1CCC(N2C(=O)c3cccc(NC(=O)CC4CCN(CCc5cc(O)c(N6CC(=O)NS6=O)c(F)c5)C4)c3C2=O)C(=O)N1. The number of carbonyl (C=O) groups is 6. The molecule has 4 N–H and O–H groups in total. The number of likely N-dealkylation sites (tertiary alicyclic amines) is 1. The molecule has 0 radical (unpaired) electrons. The lowest BCUT2D eigenvalue weighted by Gasteiger charge is -2.27. The Morgan fingerprint density at radius 3 is 2.60 bits per heavy atom. The van der Waals surface area contributed by atoms with E-state index in [4.69, 9.17) is 0 Å². The Hall–Kier alpha value is -4.70. The zero-order chi connectivity index (χ0) is 32.0. The number of benzene rings is 2. The molecule has 45 heavy (non-hydrogen) atoms. The average molecular weight is 641 g/mol. The van der Waals surface area contributed by atoms with Gasteiger partial charge in [-0.25, -0.2) is 8.60 Å². The number of carbonyl (C=O) groups excluding carboxylic acids is 6. The van der Waals surface area contributed by atoms with Gasteiger partial charge in [0.1, 0.15) is 24.0 Å². The number of nitrogens with zero attached hydrogens (tertiary/aromatic N) is 3. The minimum Gasteiger partial charge on any atom is -0.506 e. The summed E-state index contributed by atoms with van der Waals surface area (Å²) < 4.78 is 29.9. The Labute approximate surface area is 258 Å². The largest absolute Gasteiger partial charge is 0.506 e. The van der Waals surface area contributed by atoms with Crippen molar-refractivity contribution in [3.05, 3.63) is 52.8 Å². The van der Waals surface area contributed by atoms with Crippen molar-refractivity contribution in [2.45, 2.75) is 38.1 Å². The molecule has 236 valence electrons. The molecule has 16 heteroatoms. The van der Waals surface area contributed by atoms with E-state index in [0.29, 0.717) is 31.6 Å². The smallest absolute Gasteiger partial charge is 0.264 e. The van der Waals surface area contributed by atoms with Crippen molar-refractivity contribution in [3.8, 4) is 5.75 Å². The molecule has 0 spiro atoms. The van der Waals surface area contributed by atoms with Crippen molar-refractivity contribution >= 4 is 58.0 Å². The van der Waals surface area contributed by atoms with E-state index in [1.165, 1.54) is 24.3 Å². The zero-order valence-corrected chi connectivity index (χ0v) is 24.7. The van der Waals surface area contributed by atoms with Crippen LogP contribution < -0.4 is 19.7 Å². The van der Waals surface area contributed by atoms with Gasteiger partial charge in [0, 0.05) is 25.9 Å². The zero-order valence-electron chi connectivity index (χ0n) is 23.8. The third kappa shape index (κ3) is 5.90. The number of phenolic OH excluding ortho intramolecular Hbond substituents is 1. The second-order valence-electron chi connectivity index (χ2n) is 11.4. The number of halogens is 1. The summed E-state index contributed by atoms with van der Waals surface area (Å²) in [6.07, 6.45) is 1.31. The van der Waals surface area contributed by atoms with Crippen molar-refractivity contribution < 1.29 is 42.5 Å². The maximum absolute atomic E-state index is 14.8. The molecule has 0 saturated carbocycles. The molecule has 2 aromatic carbocycles. The Balaban J connectivity index is 1.03. The van der Waals surface area contributed by atoms with E-state index in [-0.39, 0.29) is 60.1 Å². The van der Waals surface area contributed by atoms with Crippen LogP contribution in [0.5, 0.6) is 5.75 Å².